The van der Waals surface area contributed by atoms with Gasteiger partial charge in [0.05, 0.1) is 0 Å². The van der Waals surface area contributed by atoms with E-state index in [-0.39, 0.29) is 5.38 Å². The van der Waals surface area contributed by atoms with Gasteiger partial charge in [-0.25, -0.2) is 0 Å². The highest BCUT2D eigenvalue weighted by Crippen LogP contribution is 2.03. The maximum Gasteiger partial charge on any atom is 0.0319 e. The second-order valence-electron chi connectivity index (χ2n) is 3.74. The molecule has 1 nitrogen and oxygen atoms in total. The molecule has 2 heteroatoms. The van der Waals surface area contributed by atoms with E-state index in [2.05, 4.69) is 36.5 Å². The highest BCUT2D eigenvalue weighted by Gasteiger charge is 1.96. The Labute approximate surface area is 91.5 Å². The lowest BCUT2D eigenvalue weighted by Gasteiger charge is -2.06. The van der Waals surface area contributed by atoms with Crippen LogP contribution in [0.3, 0.4) is 0 Å². The summed E-state index contributed by atoms with van der Waals surface area (Å²) >= 11 is 5.84. The number of aryl methyl sites for hydroxylation is 1. The van der Waals surface area contributed by atoms with E-state index in [0.717, 1.165) is 19.5 Å². The summed E-state index contributed by atoms with van der Waals surface area (Å²) < 4.78 is 0. The van der Waals surface area contributed by atoms with Gasteiger partial charge in [-0.15, -0.1) is 11.6 Å². The number of benzene rings is 1. The lowest BCUT2D eigenvalue weighted by molar-refractivity contribution is 0.644. The van der Waals surface area contributed by atoms with E-state index < -0.39 is 0 Å². The van der Waals surface area contributed by atoms with Crippen LogP contribution in [-0.2, 0) is 6.54 Å². The fourth-order valence-corrected chi connectivity index (χ4v) is 1.46. The van der Waals surface area contributed by atoms with Crippen molar-refractivity contribution in [2.45, 2.75) is 32.2 Å². The molecule has 1 aromatic carbocycles. The van der Waals surface area contributed by atoms with Crippen LogP contribution in [0.15, 0.2) is 24.3 Å². The number of halogens is 1. The summed E-state index contributed by atoms with van der Waals surface area (Å²) in [6.07, 6.45) is 1.02. The van der Waals surface area contributed by atoms with Crippen LogP contribution in [0.1, 0.15) is 24.5 Å². The van der Waals surface area contributed by atoms with Crippen molar-refractivity contribution in [3.8, 4) is 0 Å². The van der Waals surface area contributed by atoms with Gasteiger partial charge in [0, 0.05) is 11.9 Å². The number of nitrogens with one attached hydrogen (secondary N) is 1. The lowest BCUT2D eigenvalue weighted by atomic mass is 10.1. The quantitative estimate of drug-likeness (QED) is 0.583. The van der Waals surface area contributed by atoms with Crippen LogP contribution in [-0.4, -0.2) is 11.9 Å². The van der Waals surface area contributed by atoms with Gasteiger partial charge in [-0.2, -0.15) is 0 Å². The average Bonchev–Trinajstić information content (AvgIpc) is 2.12. The van der Waals surface area contributed by atoms with Crippen LogP contribution >= 0.6 is 11.6 Å². The van der Waals surface area contributed by atoms with Crippen molar-refractivity contribution in [3.63, 3.8) is 0 Å². The minimum atomic E-state index is 0.264. The molecule has 0 saturated heterocycles. The predicted molar refractivity (Wildman–Crippen MR) is 62.8 cm³/mol. The Kier molecular flexibility index (Phi) is 4.99. The first-order valence-electron chi connectivity index (χ1n) is 5.09. The van der Waals surface area contributed by atoms with Gasteiger partial charge in [-0.3, -0.25) is 0 Å². The van der Waals surface area contributed by atoms with Gasteiger partial charge in [-0.05, 0) is 32.4 Å². The maximum atomic E-state index is 5.84. The summed E-state index contributed by atoms with van der Waals surface area (Å²) in [6.45, 7) is 6.06. The first kappa shape index (κ1) is 11.5. The van der Waals surface area contributed by atoms with E-state index in [9.17, 15) is 0 Å². The average molecular weight is 212 g/mol. The smallest absolute Gasteiger partial charge is 0.0319 e. The highest BCUT2D eigenvalue weighted by atomic mass is 35.5. The molecular weight excluding hydrogens is 194 g/mol. The second-order valence-corrected chi connectivity index (χ2v) is 4.48. The highest BCUT2D eigenvalue weighted by molar-refractivity contribution is 6.20. The predicted octanol–water partition coefficient (Wildman–Crippen LogP) is 3.10. The molecule has 0 aliphatic carbocycles. The molecule has 0 aliphatic heterocycles. The van der Waals surface area contributed by atoms with Crippen molar-refractivity contribution in [1.29, 1.82) is 0 Å². The molecule has 1 aromatic rings. The van der Waals surface area contributed by atoms with Crippen molar-refractivity contribution in [1.82, 2.24) is 5.32 Å². The molecule has 78 valence electrons. The molecule has 0 aromatic heterocycles. The van der Waals surface area contributed by atoms with E-state index in [1.165, 1.54) is 11.1 Å². The molecule has 1 unspecified atom stereocenters. The zero-order chi connectivity index (χ0) is 10.4. The second kappa shape index (κ2) is 6.05. The van der Waals surface area contributed by atoms with Crippen LogP contribution in [0.25, 0.3) is 0 Å². The van der Waals surface area contributed by atoms with Crippen molar-refractivity contribution in [2.75, 3.05) is 6.54 Å². The summed E-state index contributed by atoms with van der Waals surface area (Å²) in [6, 6.07) is 8.56. The van der Waals surface area contributed by atoms with E-state index in [4.69, 9.17) is 11.6 Å². The minimum Gasteiger partial charge on any atom is -0.313 e. The first-order chi connectivity index (χ1) is 6.68. The standard InChI is InChI=1S/C12H18ClN/c1-10-4-3-5-12(8-10)9-14-7-6-11(2)13/h3-5,8,11,14H,6-7,9H2,1-2H3. The summed E-state index contributed by atoms with van der Waals surface area (Å²) in [5.74, 6) is 0. The van der Waals surface area contributed by atoms with Gasteiger partial charge >= 0.3 is 0 Å². The normalized spacial score (nSPS) is 12.8. The monoisotopic (exact) mass is 211 g/mol. The van der Waals surface area contributed by atoms with E-state index >= 15 is 0 Å². The van der Waals surface area contributed by atoms with Crippen molar-refractivity contribution >= 4 is 11.6 Å². The molecule has 1 atom stereocenters. The third-order valence-electron chi connectivity index (χ3n) is 2.13. The summed E-state index contributed by atoms with van der Waals surface area (Å²) in [5, 5.41) is 3.64. The number of hydrogen-bond acceptors (Lipinski definition) is 1. The molecule has 0 spiro atoms. The van der Waals surface area contributed by atoms with Crippen LogP contribution in [0.2, 0.25) is 0 Å². The fraction of sp³-hybridized carbons (Fsp3) is 0.500. The molecule has 1 rings (SSSR count). The van der Waals surface area contributed by atoms with Crippen molar-refractivity contribution < 1.29 is 0 Å². The molecule has 0 fully saturated rings. The molecular formula is C12H18ClN. The van der Waals surface area contributed by atoms with Crippen LogP contribution in [0.5, 0.6) is 0 Å². The molecule has 1 N–H and O–H groups in total. The van der Waals surface area contributed by atoms with E-state index in [1.54, 1.807) is 0 Å². The Morgan fingerprint density at radius 2 is 2.21 bits per heavy atom. The van der Waals surface area contributed by atoms with Crippen molar-refractivity contribution in [3.05, 3.63) is 35.4 Å². The Bertz CT molecular complexity index is 271. The Morgan fingerprint density at radius 1 is 1.43 bits per heavy atom. The lowest BCUT2D eigenvalue weighted by Crippen LogP contribution is -2.16. The first-order valence-corrected chi connectivity index (χ1v) is 5.52. The Balaban J connectivity index is 2.25. The number of alkyl halides is 1. The third kappa shape index (κ3) is 4.64. The van der Waals surface area contributed by atoms with Crippen LogP contribution in [0.4, 0.5) is 0 Å². The largest absolute Gasteiger partial charge is 0.313 e. The van der Waals surface area contributed by atoms with E-state index in [0.29, 0.717) is 0 Å². The van der Waals surface area contributed by atoms with Gasteiger partial charge in [0.25, 0.3) is 0 Å². The van der Waals surface area contributed by atoms with Crippen molar-refractivity contribution in [2.24, 2.45) is 0 Å². The topological polar surface area (TPSA) is 12.0 Å². The zero-order valence-corrected chi connectivity index (χ0v) is 9.64. The van der Waals surface area contributed by atoms with E-state index in [1.807, 2.05) is 6.92 Å². The molecule has 0 bridgehead atoms. The van der Waals surface area contributed by atoms with Crippen LogP contribution in [0, 0.1) is 6.92 Å². The maximum absolute atomic E-state index is 5.84. The van der Waals surface area contributed by atoms with Gasteiger partial charge in [-0.1, -0.05) is 29.8 Å². The summed E-state index contributed by atoms with van der Waals surface area (Å²) in [7, 11) is 0. The van der Waals surface area contributed by atoms with Gasteiger partial charge < -0.3 is 5.32 Å². The Hall–Kier alpha value is -0.530. The molecule has 0 aliphatic rings. The summed E-state index contributed by atoms with van der Waals surface area (Å²) in [4.78, 5) is 0. The summed E-state index contributed by atoms with van der Waals surface area (Å²) in [5.41, 5.74) is 2.65. The molecule has 0 radical (unpaired) electrons. The third-order valence-corrected chi connectivity index (χ3v) is 2.35. The molecule has 0 heterocycles. The van der Waals surface area contributed by atoms with Gasteiger partial charge in [0.1, 0.15) is 0 Å². The molecule has 0 saturated carbocycles. The van der Waals surface area contributed by atoms with Crippen LogP contribution < -0.4 is 5.32 Å². The Morgan fingerprint density at radius 3 is 2.86 bits per heavy atom. The molecule has 14 heavy (non-hydrogen) atoms. The minimum absolute atomic E-state index is 0.264. The molecule has 0 amide bonds. The number of hydrogen-bond donors (Lipinski definition) is 1. The zero-order valence-electron chi connectivity index (χ0n) is 8.89. The number of rotatable bonds is 5. The fourth-order valence-electron chi connectivity index (χ4n) is 1.36. The van der Waals surface area contributed by atoms with Gasteiger partial charge in [0.2, 0.25) is 0 Å². The van der Waals surface area contributed by atoms with Gasteiger partial charge in [0.15, 0.2) is 0 Å². The SMILES string of the molecule is Cc1cccc(CNCCC(C)Cl)c1.